The van der Waals surface area contributed by atoms with Crippen molar-refractivity contribution >= 4 is 34.1 Å². The Bertz CT molecular complexity index is 992. The molecular formula is C15H11IN6O. The molecule has 0 saturated carbocycles. The van der Waals surface area contributed by atoms with Crippen molar-refractivity contribution in [1.29, 1.82) is 0 Å². The van der Waals surface area contributed by atoms with E-state index in [1.807, 2.05) is 72.2 Å². The largest absolute Gasteiger partial charge is 0.372 e. The molecule has 4 rings (SSSR count). The molecule has 0 fully saturated rings. The lowest BCUT2D eigenvalue weighted by Crippen LogP contribution is -1.96. The smallest absolute Gasteiger partial charge is 0.287 e. The zero-order valence-electron chi connectivity index (χ0n) is 12.1. The number of imidazole rings is 1. The van der Waals surface area contributed by atoms with Crippen molar-refractivity contribution in [3.8, 4) is 22.6 Å². The lowest BCUT2D eigenvalue weighted by molar-refractivity contribution is 0.394. The summed E-state index contributed by atoms with van der Waals surface area (Å²) >= 11 is 1.99. The van der Waals surface area contributed by atoms with Crippen LogP contribution in [0.1, 0.15) is 0 Å². The molecule has 114 valence electrons. The van der Waals surface area contributed by atoms with Crippen molar-refractivity contribution in [2.75, 3.05) is 12.4 Å². The molecule has 3 heterocycles. The molecule has 0 amide bonds. The molecule has 3 aromatic heterocycles. The van der Waals surface area contributed by atoms with Gasteiger partial charge in [-0.15, -0.1) is 5.10 Å². The normalized spacial score (nSPS) is 11.0. The van der Waals surface area contributed by atoms with E-state index in [0.717, 1.165) is 28.3 Å². The summed E-state index contributed by atoms with van der Waals surface area (Å²) in [6.07, 6.45) is 1.90. The van der Waals surface area contributed by atoms with Crippen LogP contribution in [0.25, 0.3) is 28.3 Å². The Labute approximate surface area is 144 Å². The topological polar surface area (TPSA) is 81.1 Å². The first-order chi connectivity index (χ1) is 11.2. The Hall–Kier alpha value is -2.49. The van der Waals surface area contributed by atoms with Gasteiger partial charge in [-0.25, -0.2) is 9.50 Å². The standard InChI is InChI=1S/C15H11IN6O/c1-17-12-5-6-13-18-11(8-22(13)20-12)9-3-2-4-10(7-9)14-19-15(16)23-21-14/h2-8H,1H3,(H,17,20). The molecule has 0 aliphatic rings. The first-order valence-electron chi connectivity index (χ1n) is 6.87. The van der Waals surface area contributed by atoms with Crippen LogP contribution in [-0.2, 0) is 0 Å². The summed E-state index contributed by atoms with van der Waals surface area (Å²) in [5, 5.41) is 11.4. The summed E-state index contributed by atoms with van der Waals surface area (Å²) in [4.78, 5) is 8.85. The number of rotatable bonds is 3. The molecule has 0 unspecified atom stereocenters. The van der Waals surface area contributed by atoms with Gasteiger partial charge in [-0.05, 0) is 18.2 Å². The van der Waals surface area contributed by atoms with Gasteiger partial charge < -0.3 is 9.84 Å². The minimum absolute atomic E-state index is 0.513. The maximum absolute atomic E-state index is 5.03. The zero-order valence-corrected chi connectivity index (χ0v) is 14.2. The highest BCUT2D eigenvalue weighted by molar-refractivity contribution is 14.1. The summed E-state index contributed by atoms with van der Waals surface area (Å²) < 4.78 is 7.30. The number of hydrogen-bond donors (Lipinski definition) is 1. The van der Waals surface area contributed by atoms with Crippen LogP contribution in [0.5, 0.6) is 0 Å². The first-order valence-corrected chi connectivity index (χ1v) is 7.95. The predicted molar refractivity (Wildman–Crippen MR) is 94.0 cm³/mol. The van der Waals surface area contributed by atoms with Crippen molar-refractivity contribution in [2.24, 2.45) is 0 Å². The number of fused-ring (bicyclic) bond motifs is 1. The van der Waals surface area contributed by atoms with Gasteiger partial charge in [0.05, 0.1) is 11.9 Å². The molecule has 0 spiro atoms. The maximum Gasteiger partial charge on any atom is 0.287 e. The van der Waals surface area contributed by atoms with E-state index in [9.17, 15) is 0 Å². The molecule has 7 nitrogen and oxygen atoms in total. The summed E-state index contributed by atoms with van der Waals surface area (Å²) in [5.41, 5.74) is 3.48. The molecule has 8 heteroatoms. The van der Waals surface area contributed by atoms with Crippen molar-refractivity contribution in [2.45, 2.75) is 0 Å². The van der Waals surface area contributed by atoms with E-state index in [2.05, 4.69) is 25.5 Å². The van der Waals surface area contributed by atoms with E-state index in [0.29, 0.717) is 9.72 Å². The lowest BCUT2D eigenvalue weighted by atomic mass is 10.1. The molecule has 0 bridgehead atoms. The van der Waals surface area contributed by atoms with E-state index in [4.69, 9.17) is 4.52 Å². The molecule has 0 aliphatic carbocycles. The third-order valence-corrected chi connectivity index (χ3v) is 3.83. The second-order valence-corrected chi connectivity index (χ2v) is 5.77. The number of benzene rings is 1. The Morgan fingerprint density at radius 1 is 1.13 bits per heavy atom. The molecular weight excluding hydrogens is 407 g/mol. The van der Waals surface area contributed by atoms with Crippen LogP contribution in [-0.4, -0.2) is 31.8 Å². The van der Waals surface area contributed by atoms with Crippen molar-refractivity contribution in [3.05, 3.63) is 46.5 Å². The highest BCUT2D eigenvalue weighted by Gasteiger charge is 2.10. The maximum atomic E-state index is 5.03. The van der Waals surface area contributed by atoms with Crippen LogP contribution in [0.15, 0.2) is 47.1 Å². The molecule has 0 saturated heterocycles. The Morgan fingerprint density at radius 3 is 2.78 bits per heavy atom. The van der Waals surface area contributed by atoms with Gasteiger partial charge in [0.15, 0.2) is 5.65 Å². The minimum atomic E-state index is 0.513. The average Bonchev–Trinajstić information content (AvgIpc) is 3.20. The Morgan fingerprint density at radius 2 is 2.00 bits per heavy atom. The van der Waals surface area contributed by atoms with Crippen molar-refractivity contribution in [3.63, 3.8) is 0 Å². The molecule has 1 N–H and O–H groups in total. The second-order valence-electron chi connectivity index (χ2n) is 4.85. The molecule has 23 heavy (non-hydrogen) atoms. The fraction of sp³-hybridized carbons (Fsp3) is 0.0667. The van der Waals surface area contributed by atoms with Crippen LogP contribution in [0.4, 0.5) is 5.82 Å². The number of halogens is 1. The van der Waals surface area contributed by atoms with Crippen LogP contribution < -0.4 is 5.32 Å². The Kier molecular flexibility index (Phi) is 3.45. The van der Waals surface area contributed by atoms with Gasteiger partial charge in [-0.3, -0.25) is 0 Å². The average molecular weight is 418 g/mol. The van der Waals surface area contributed by atoms with Crippen LogP contribution in [0.2, 0.25) is 0 Å². The van der Waals surface area contributed by atoms with Gasteiger partial charge >= 0.3 is 0 Å². The number of hydrogen-bond acceptors (Lipinski definition) is 6. The highest BCUT2D eigenvalue weighted by atomic mass is 127. The fourth-order valence-electron chi connectivity index (χ4n) is 2.29. The van der Waals surface area contributed by atoms with E-state index >= 15 is 0 Å². The highest BCUT2D eigenvalue weighted by Crippen LogP contribution is 2.25. The number of aromatic nitrogens is 5. The number of anilines is 1. The van der Waals surface area contributed by atoms with Gasteiger partial charge in [0, 0.05) is 40.8 Å². The van der Waals surface area contributed by atoms with Gasteiger partial charge in [0.25, 0.3) is 3.90 Å². The summed E-state index contributed by atoms with van der Waals surface area (Å²) in [7, 11) is 1.84. The third-order valence-electron chi connectivity index (χ3n) is 3.39. The first kappa shape index (κ1) is 14.1. The Balaban J connectivity index is 1.78. The van der Waals surface area contributed by atoms with Gasteiger partial charge in [0.1, 0.15) is 5.82 Å². The summed E-state index contributed by atoms with van der Waals surface area (Å²) in [5.74, 6) is 1.35. The van der Waals surface area contributed by atoms with Crippen LogP contribution in [0.3, 0.4) is 0 Å². The van der Waals surface area contributed by atoms with E-state index < -0.39 is 0 Å². The third kappa shape index (κ3) is 2.65. The molecule has 1 aromatic carbocycles. The SMILES string of the molecule is CNc1ccc2nc(-c3cccc(-c4noc(I)n4)c3)cn2n1. The molecule has 4 aromatic rings. The van der Waals surface area contributed by atoms with Gasteiger partial charge in [-0.1, -0.05) is 23.4 Å². The predicted octanol–water partition coefficient (Wildman–Crippen LogP) is 3.09. The van der Waals surface area contributed by atoms with E-state index in [1.165, 1.54) is 0 Å². The van der Waals surface area contributed by atoms with E-state index in [-0.39, 0.29) is 0 Å². The summed E-state index contributed by atoms with van der Waals surface area (Å²) in [6.45, 7) is 0. The number of nitrogens with zero attached hydrogens (tertiary/aromatic N) is 5. The molecule has 0 radical (unpaired) electrons. The monoisotopic (exact) mass is 418 g/mol. The zero-order chi connectivity index (χ0) is 15.8. The van der Waals surface area contributed by atoms with Gasteiger partial charge in [-0.2, -0.15) is 4.98 Å². The van der Waals surface area contributed by atoms with Crippen LogP contribution >= 0.6 is 22.6 Å². The minimum Gasteiger partial charge on any atom is -0.372 e. The second kappa shape index (κ2) is 5.61. The van der Waals surface area contributed by atoms with E-state index in [1.54, 1.807) is 4.52 Å². The van der Waals surface area contributed by atoms with Crippen molar-refractivity contribution in [1.82, 2.24) is 24.7 Å². The van der Waals surface area contributed by atoms with Crippen LogP contribution in [0, 0.1) is 3.90 Å². The lowest BCUT2D eigenvalue weighted by Gasteiger charge is -1.98. The summed E-state index contributed by atoms with van der Waals surface area (Å²) in [6, 6.07) is 11.7. The number of nitrogens with one attached hydrogen (secondary N) is 1. The molecule has 0 atom stereocenters. The molecule has 0 aliphatic heterocycles. The quantitative estimate of drug-likeness (QED) is 0.515. The van der Waals surface area contributed by atoms with Gasteiger partial charge in [0.2, 0.25) is 5.82 Å². The fourth-order valence-corrected chi connectivity index (χ4v) is 2.62. The van der Waals surface area contributed by atoms with Crippen molar-refractivity contribution < 1.29 is 4.52 Å².